The normalized spacial score (nSPS) is 17.7. The van der Waals surface area contributed by atoms with E-state index in [1.54, 1.807) is 11.3 Å². The van der Waals surface area contributed by atoms with Crippen LogP contribution in [0.2, 0.25) is 0 Å². The molecule has 1 atom stereocenters. The Morgan fingerprint density at radius 2 is 2.10 bits per heavy atom. The topological polar surface area (TPSA) is 29.1 Å². The number of halogens is 2. The Morgan fingerprint density at radius 1 is 1.35 bits per heavy atom. The number of benzene rings is 1. The molecule has 0 saturated carbocycles. The highest BCUT2D eigenvalue weighted by molar-refractivity contribution is 9.10. The van der Waals surface area contributed by atoms with Gasteiger partial charge < -0.3 is 5.32 Å². The minimum atomic E-state index is -0.505. The van der Waals surface area contributed by atoms with Crippen molar-refractivity contribution >= 4 is 50.5 Å². The van der Waals surface area contributed by atoms with Crippen LogP contribution in [0.4, 0.5) is 5.69 Å². The smallest absolute Gasteiger partial charge is 0.234 e. The molecule has 5 heteroatoms. The number of amides is 1. The molecule has 3 rings (SSSR count). The number of thiophene rings is 1. The predicted molar refractivity (Wildman–Crippen MR) is 87.8 cm³/mol. The SMILES string of the molecule is CC1(C)C(=O)Nc2ccc(C(Cl)c3sccc3Br)cc21. The van der Waals surface area contributed by atoms with Crippen LogP contribution < -0.4 is 5.32 Å². The molecule has 1 aliphatic rings. The number of fused-ring (bicyclic) bond motifs is 1. The first-order chi connectivity index (χ1) is 9.41. The molecule has 2 heterocycles. The van der Waals surface area contributed by atoms with Crippen LogP contribution >= 0.6 is 38.9 Å². The van der Waals surface area contributed by atoms with Crippen molar-refractivity contribution in [2.75, 3.05) is 5.32 Å². The third-order valence-electron chi connectivity index (χ3n) is 3.70. The number of rotatable bonds is 2. The van der Waals surface area contributed by atoms with Gasteiger partial charge in [-0.2, -0.15) is 0 Å². The van der Waals surface area contributed by atoms with Crippen molar-refractivity contribution in [2.45, 2.75) is 24.6 Å². The number of carbonyl (C=O) groups excluding carboxylic acids is 1. The summed E-state index contributed by atoms with van der Waals surface area (Å²) in [5, 5.41) is 4.72. The fourth-order valence-electron chi connectivity index (χ4n) is 2.38. The van der Waals surface area contributed by atoms with Crippen LogP contribution in [0.15, 0.2) is 34.1 Å². The first-order valence-electron chi connectivity index (χ1n) is 6.24. The molecule has 1 aliphatic heterocycles. The van der Waals surface area contributed by atoms with Crippen LogP contribution in [-0.4, -0.2) is 5.91 Å². The molecule has 0 bridgehead atoms. The zero-order valence-electron chi connectivity index (χ0n) is 11.0. The maximum Gasteiger partial charge on any atom is 0.234 e. The highest BCUT2D eigenvalue weighted by Crippen LogP contribution is 2.42. The van der Waals surface area contributed by atoms with Gasteiger partial charge in [-0.1, -0.05) is 12.1 Å². The predicted octanol–water partition coefficient (Wildman–Crippen LogP) is 5.07. The monoisotopic (exact) mass is 369 g/mol. The van der Waals surface area contributed by atoms with E-state index >= 15 is 0 Å². The molecule has 1 aromatic heterocycles. The number of nitrogens with one attached hydrogen (secondary N) is 1. The van der Waals surface area contributed by atoms with E-state index in [-0.39, 0.29) is 11.3 Å². The minimum absolute atomic E-state index is 0.0353. The zero-order valence-corrected chi connectivity index (χ0v) is 14.2. The van der Waals surface area contributed by atoms with Crippen molar-refractivity contribution in [1.82, 2.24) is 0 Å². The quantitative estimate of drug-likeness (QED) is 0.735. The summed E-state index contributed by atoms with van der Waals surface area (Å²) < 4.78 is 1.02. The summed E-state index contributed by atoms with van der Waals surface area (Å²) in [6.45, 7) is 3.87. The lowest BCUT2D eigenvalue weighted by Crippen LogP contribution is -2.26. The van der Waals surface area contributed by atoms with Crippen LogP contribution in [0.3, 0.4) is 0 Å². The van der Waals surface area contributed by atoms with Crippen molar-refractivity contribution in [3.63, 3.8) is 0 Å². The van der Waals surface area contributed by atoms with Gasteiger partial charge in [0, 0.05) is 15.0 Å². The molecule has 1 amide bonds. The third kappa shape index (κ3) is 2.10. The molecular formula is C15H13BrClNOS. The van der Waals surface area contributed by atoms with E-state index in [1.165, 1.54) is 0 Å². The van der Waals surface area contributed by atoms with Gasteiger partial charge in [0.25, 0.3) is 0 Å². The van der Waals surface area contributed by atoms with E-state index in [4.69, 9.17) is 11.6 Å². The Morgan fingerprint density at radius 3 is 2.75 bits per heavy atom. The number of hydrogen-bond donors (Lipinski definition) is 1. The molecule has 1 aromatic carbocycles. The molecule has 0 aliphatic carbocycles. The molecular weight excluding hydrogens is 358 g/mol. The van der Waals surface area contributed by atoms with Crippen molar-refractivity contribution in [1.29, 1.82) is 0 Å². The van der Waals surface area contributed by atoms with Gasteiger partial charge in [-0.05, 0) is 58.4 Å². The maximum absolute atomic E-state index is 12.0. The second-order valence-electron chi connectivity index (χ2n) is 5.38. The van der Waals surface area contributed by atoms with Crippen molar-refractivity contribution in [2.24, 2.45) is 0 Å². The molecule has 0 radical (unpaired) electrons. The van der Waals surface area contributed by atoms with Crippen LogP contribution in [0.5, 0.6) is 0 Å². The fourth-order valence-corrected chi connectivity index (χ4v) is 4.53. The Kier molecular flexibility index (Phi) is 3.43. The Labute approximate surface area is 135 Å². The van der Waals surface area contributed by atoms with E-state index in [1.807, 2.05) is 43.5 Å². The first-order valence-corrected chi connectivity index (χ1v) is 8.35. The van der Waals surface area contributed by atoms with Gasteiger partial charge in [0.2, 0.25) is 5.91 Å². The summed E-state index contributed by atoms with van der Waals surface area (Å²) in [6.07, 6.45) is 0. The molecule has 0 spiro atoms. The first kappa shape index (κ1) is 14.1. The number of anilines is 1. The Hall–Kier alpha value is -0.840. The summed E-state index contributed by atoms with van der Waals surface area (Å²) in [4.78, 5) is 13.1. The third-order valence-corrected chi connectivity index (χ3v) is 6.24. The van der Waals surface area contributed by atoms with E-state index in [0.29, 0.717) is 0 Å². The molecule has 104 valence electrons. The van der Waals surface area contributed by atoms with Gasteiger partial charge >= 0.3 is 0 Å². The van der Waals surface area contributed by atoms with Crippen LogP contribution in [-0.2, 0) is 10.2 Å². The lowest BCUT2D eigenvalue weighted by molar-refractivity contribution is -0.119. The molecule has 1 N–H and O–H groups in total. The van der Waals surface area contributed by atoms with Crippen molar-refractivity contribution < 1.29 is 4.79 Å². The van der Waals surface area contributed by atoms with Gasteiger partial charge in [-0.15, -0.1) is 22.9 Å². The molecule has 2 aromatic rings. The lowest BCUT2D eigenvalue weighted by atomic mass is 9.85. The molecule has 0 saturated heterocycles. The number of hydrogen-bond acceptors (Lipinski definition) is 2. The highest BCUT2D eigenvalue weighted by Gasteiger charge is 2.38. The van der Waals surface area contributed by atoms with Crippen molar-refractivity contribution in [3.05, 3.63) is 50.1 Å². The maximum atomic E-state index is 12.0. The Balaban J connectivity index is 2.04. The molecule has 20 heavy (non-hydrogen) atoms. The van der Waals surface area contributed by atoms with Crippen LogP contribution in [0.25, 0.3) is 0 Å². The fraction of sp³-hybridized carbons (Fsp3) is 0.267. The van der Waals surface area contributed by atoms with E-state index in [2.05, 4.69) is 21.2 Å². The van der Waals surface area contributed by atoms with Gasteiger partial charge in [0.1, 0.15) is 0 Å². The molecule has 1 unspecified atom stereocenters. The summed E-state index contributed by atoms with van der Waals surface area (Å²) in [6, 6.07) is 7.95. The second kappa shape index (κ2) is 4.86. The van der Waals surface area contributed by atoms with Crippen molar-refractivity contribution in [3.8, 4) is 0 Å². The molecule has 2 nitrogen and oxygen atoms in total. The van der Waals surface area contributed by atoms with Gasteiger partial charge in [0.05, 0.1) is 10.8 Å². The summed E-state index contributed by atoms with van der Waals surface area (Å²) in [5.41, 5.74) is 2.41. The van der Waals surface area contributed by atoms with E-state index < -0.39 is 5.41 Å². The van der Waals surface area contributed by atoms with Gasteiger partial charge in [0.15, 0.2) is 0 Å². The zero-order chi connectivity index (χ0) is 14.5. The number of alkyl halides is 1. The standard InChI is InChI=1S/C15H13BrClNOS/c1-15(2)9-7-8(3-4-11(9)18-14(15)19)12(17)13-10(16)5-6-20-13/h3-7,12H,1-2H3,(H,18,19). The van der Waals surface area contributed by atoms with Crippen LogP contribution in [0.1, 0.15) is 35.2 Å². The summed E-state index contributed by atoms with van der Waals surface area (Å²) in [5.74, 6) is 0.0353. The van der Waals surface area contributed by atoms with Crippen LogP contribution in [0, 0.1) is 0 Å². The Bertz CT molecular complexity index is 695. The van der Waals surface area contributed by atoms with E-state index in [0.717, 1.165) is 26.2 Å². The summed E-state index contributed by atoms with van der Waals surface area (Å²) >= 11 is 11.7. The highest BCUT2D eigenvalue weighted by atomic mass is 79.9. The number of carbonyl (C=O) groups is 1. The average molecular weight is 371 g/mol. The summed E-state index contributed by atoms with van der Waals surface area (Å²) in [7, 11) is 0. The van der Waals surface area contributed by atoms with Gasteiger partial charge in [-0.25, -0.2) is 0 Å². The van der Waals surface area contributed by atoms with Gasteiger partial charge in [-0.3, -0.25) is 4.79 Å². The second-order valence-corrected chi connectivity index (χ2v) is 7.62. The minimum Gasteiger partial charge on any atom is -0.325 e. The largest absolute Gasteiger partial charge is 0.325 e. The molecule has 0 fully saturated rings. The average Bonchev–Trinajstić information content (AvgIpc) is 2.92. The lowest BCUT2D eigenvalue weighted by Gasteiger charge is -2.17. The van der Waals surface area contributed by atoms with E-state index in [9.17, 15) is 4.79 Å².